The molecule has 0 saturated heterocycles. The minimum Gasteiger partial charge on any atom is -0.852 e. The molecule has 0 aliphatic heterocycles. The Labute approximate surface area is 157 Å². The first-order valence-corrected chi connectivity index (χ1v) is 7.50. The summed E-state index contributed by atoms with van der Waals surface area (Å²) in [4.78, 5) is 0. The number of hydrogen-bond acceptors (Lipinski definition) is 2. The molecule has 2 atom stereocenters. The van der Waals surface area contributed by atoms with Crippen molar-refractivity contribution in [2.75, 3.05) is 0 Å². The summed E-state index contributed by atoms with van der Waals surface area (Å²) < 4.78 is 0. The fraction of sp³-hybridized carbons (Fsp3) is 0.526. The van der Waals surface area contributed by atoms with Gasteiger partial charge in [0.05, 0.1) is 0 Å². The Morgan fingerprint density at radius 3 is 1.59 bits per heavy atom. The van der Waals surface area contributed by atoms with Gasteiger partial charge in [-0.25, -0.2) is 12.2 Å². The van der Waals surface area contributed by atoms with Crippen LogP contribution in [0.15, 0.2) is 43.5 Å². The van der Waals surface area contributed by atoms with Gasteiger partial charge < -0.3 is 17.1 Å². The third-order valence-corrected chi connectivity index (χ3v) is 2.14. The predicted octanol–water partition coefficient (Wildman–Crippen LogP) is 3.55. The van der Waals surface area contributed by atoms with Gasteiger partial charge in [-0.05, 0) is 12.8 Å². The zero-order chi connectivity index (χ0) is 16.9. The first-order valence-electron chi connectivity index (χ1n) is 7.50. The molecule has 0 radical (unpaired) electrons. The molecule has 0 amide bonds. The van der Waals surface area contributed by atoms with E-state index in [1.807, 2.05) is 12.2 Å². The average molecular weight is 384 g/mol. The van der Waals surface area contributed by atoms with E-state index < -0.39 is 12.2 Å². The van der Waals surface area contributed by atoms with Gasteiger partial charge in [0.1, 0.15) is 0 Å². The summed E-state index contributed by atoms with van der Waals surface area (Å²) in [5, 5.41) is 20.5. The molecule has 0 saturated carbocycles. The summed E-state index contributed by atoms with van der Waals surface area (Å²) in [6, 6.07) is 0. The van der Waals surface area contributed by atoms with Gasteiger partial charge in [-0.1, -0.05) is 38.8 Å². The van der Waals surface area contributed by atoms with E-state index in [0.29, 0.717) is 0 Å². The molecule has 22 heavy (non-hydrogen) atoms. The van der Waals surface area contributed by atoms with Crippen molar-refractivity contribution in [2.45, 2.75) is 65.1 Å². The van der Waals surface area contributed by atoms with Gasteiger partial charge in [0, 0.05) is 0 Å². The second kappa shape index (κ2) is 28.9. The molecular weight excluding hydrogens is 351 g/mol. The minimum absolute atomic E-state index is 0. The van der Waals surface area contributed by atoms with Gasteiger partial charge >= 0.3 is 26.2 Å². The molecule has 1 aliphatic carbocycles. The normalized spacial score (nSPS) is 12.8. The smallest absolute Gasteiger partial charge is 0.852 e. The van der Waals surface area contributed by atoms with Gasteiger partial charge in [-0.15, -0.1) is 31.8 Å². The summed E-state index contributed by atoms with van der Waals surface area (Å²) in [6.07, 6.45) is 15.9. The Bertz CT molecular complexity index is 230. The summed E-state index contributed by atoms with van der Waals surface area (Å²) in [5.41, 5.74) is 0. The van der Waals surface area contributed by atoms with Crippen molar-refractivity contribution in [2.24, 2.45) is 0 Å². The largest absolute Gasteiger partial charge is 4.00 e. The molecule has 0 aromatic rings. The first kappa shape index (κ1) is 29.7. The topological polar surface area (TPSA) is 46.1 Å². The van der Waals surface area contributed by atoms with Gasteiger partial charge in [0.15, 0.2) is 0 Å². The average Bonchev–Trinajstić information content (AvgIpc) is 3.05. The van der Waals surface area contributed by atoms with Crippen molar-refractivity contribution < 1.29 is 36.4 Å². The summed E-state index contributed by atoms with van der Waals surface area (Å²) in [6.45, 7) is 15.3. The van der Waals surface area contributed by atoms with Crippen molar-refractivity contribution in [3.63, 3.8) is 0 Å². The standard InChI is InChI=1S/2C6H11O.C5H5.C2H5.Zr/c2*1-3-4-5-6(2)7;1-2-4-5-3-1;1-2;/h2*3,6H,1,4-5H2,2H3;1-3H,4H2;1H2,2H3;/q4*-1;+4. The molecule has 0 fully saturated rings. The van der Waals surface area contributed by atoms with Gasteiger partial charge in [-0.2, -0.15) is 13.0 Å². The Morgan fingerprint density at radius 2 is 1.50 bits per heavy atom. The van der Waals surface area contributed by atoms with E-state index in [9.17, 15) is 10.2 Å². The first-order chi connectivity index (χ1) is 10.0. The van der Waals surface area contributed by atoms with Gasteiger partial charge in [0.2, 0.25) is 0 Å². The van der Waals surface area contributed by atoms with E-state index in [2.05, 4.69) is 32.2 Å². The van der Waals surface area contributed by atoms with Crippen molar-refractivity contribution in [3.05, 3.63) is 56.5 Å². The van der Waals surface area contributed by atoms with Gasteiger partial charge in [-0.3, -0.25) is 6.08 Å². The molecular formula is C19H32O2Zr. The van der Waals surface area contributed by atoms with Crippen molar-refractivity contribution in [1.82, 2.24) is 0 Å². The maximum atomic E-state index is 10.2. The molecule has 0 heterocycles. The quantitative estimate of drug-likeness (QED) is 0.520. The molecule has 2 nitrogen and oxygen atoms in total. The molecule has 0 spiro atoms. The van der Waals surface area contributed by atoms with Crippen molar-refractivity contribution in [1.29, 1.82) is 0 Å². The van der Waals surface area contributed by atoms with Crippen molar-refractivity contribution >= 4 is 0 Å². The zero-order valence-corrected chi connectivity index (χ0v) is 17.0. The maximum Gasteiger partial charge on any atom is 4.00 e. The second-order valence-electron chi connectivity index (χ2n) is 4.36. The molecule has 1 rings (SSSR count). The van der Waals surface area contributed by atoms with Crippen LogP contribution in [0.1, 0.15) is 52.9 Å². The van der Waals surface area contributed by atoms with E-state index in [-0.39, 0.29) is 26.2 Å². The summed E-state index contributed by atoms with van der Waals surface area (Å²) in [7, 11) is 0. The van der Waals surface area contributed by atoms with Crippen LogP contribution in [-0.4, -0.2) is 12.2 Å². The van der Waals surface area contributed by atoms with E-state index in [4.69, 9.17) is 0 Å². The Kier molecular flexibility index (Phi) is 39.0. The Hall–Kier alpha value is -0.237. The summed E-state index contributed by atoms with van der Waals surface area (Å²) in [5.74, 6) is 0. The zero-order valence-electron chi connectivity index (χ0n) is 14.5. The maximum absolute atomic E-state index is 10.2. The molecule has 2 unspecified atom stereocenters. The van der Waals surface area contributed by atoms with E-state index >= 15 is 0 Å². The minimum atomic E-state index is -0.419. The van der Waals surface area contributed by atoms with Crippen LogP contribution in [0, 0.1) is 13.0 Å². The van der Waals surface area contributed by atoms with Crippen LogP contribution in [0.2, 0.25) is 0 Å². The van der Waals surface area contributed by atoms with Crippen LogP contribution in [0.5, 0.6) is 0 Å². The van der Waals surface area contributed by atoms with Gasteiger partial charge in [0.25, 0.3) is 0 Å². The Morgan fingerprint density at radius 1 is 1.09 bits per heavy atom. The second-order valence-corrected chi connectivity index (χ2v) is 4.36. The van der Waals surface area contributed by atoms with Crippen LogP contribution in [-0.2, 0) is 26.2 Å². The third-order valence-electron chi connectivity index (χ3n) is 2.14. The van der Waals surface area contributed by atoms with Crippen LogP contribution >= 0.6 is 0 Å². The van der Waals surface area contributed by atoms with Crippen LogP contribution in [0.3, 0.4) is 0 Å². The van der Waals surface area contributed by atoms with Crippen LogP contribution < -0.4 is 10.2 Å². The SMILES string of the molecule is C=CCCC(C)[O-].C=CCCC(C)[O-].[C-]1=CC=CC1.[CH2-]C.[Zr+4]. The molecule has 0 N–H and O–H groups in total. The van der Waals surface area contributed by atoms with Crippen LogP contribution in [0.25, 0.3) is 0 Å². The van der Waals surface area contributed by atoms with E-state index in [1.54, 1.807) is 32.9 Å². The van der Waals surface area contributed by atoms with Crippen molar-refractivity contribution in [3.8, 4) is 0 Å². The molecule has 3 heteroatoms. The van der Waals surface area contributed by atoms with E-state index in [1.165, 1.54) is 0 Å². The molecule has 124 valence electrons. The fourth-order valence-corrected chi connectivity index (χ4v) is 1.05. The molecule has 0 aromatic carbocycles. The summed E-state index contributed by atoms with van der Waals surface area (Å²) >= 11 is 0. The number of hydrogen-bond donors (Lipinski definition) is 0. The third kappa shape index (κ3) is 42.7. The van der Waals surface area contributed by atoms with Crippen LogP contribution in [0.4, 0.5) is 0 Å². The molecule has 0 bridgehead atoms. The van der Waals surface area contributed by atoms with E-state index in [0.717, 1.165) is 32.1 Å². The predicted molar refractivity (Wildman–Crippen MR) is 90.4 cm³/mol. The number of allylic oxidation sites excluding steroid dienone is 6. The number of rotatable bonds is 6. The fourth-order valence-electron chi connectivity index (χ4n) is 1.05. The molecule has 0 aromatic heterocycles. The Balaban J connectivity index is -0.000000103. The molecule has 1 aliphatic rings. The monoisotopic (exact) mass is 382 g/mol.